The van der Waals surface area contributed by atoms with Crippen LogP contribution in [0.5, 0.6) is 0 Å². The van der Waals surface area contributed by atoms with E-state index in [0.717, 1.165) is 12.8 Å². The highest BCUT2D eigenvalue weighted by Gasteiger charge is 2.31. The molecule has 0 aliphatic heterocycles. The summed E-state index contributed by atoms with van der Waals surface area (Å²) in [4.78, 5) is 12.2. The third-order valence-corrected chi connectivity index (χ3v) is 3.96. The van der Waals surface area contributed by atoms with Crippen LogP contribution < -0.4 is 5.32 Å². The number of rotatable bonds is 5. The van der Waals surface area contributed by atoms with Gasteiger partial charge in [-0.1, -0.05) is 32.9 Å². The number of aliphatic hydroxyl groups is 1. The molecule has 0 aromatic heterocycles. The third kappa shape index (κ3) is 3.83. The minimum absolute atomic E-state index is 0.0317. The molecule has 3 heteroatoms. The zero-order valence-electron chi connectivity index (χ0n) is 12.6. The van der Waals surface area contributed by atoms with Crippen molar-refractivity contribution in [3.8, 4) is 0 Å². The quantitative estimate of drug-likeness (QED) is 0.868. The number of nitrogens with one attached hydrogen (secondary N) is 1. The van der Waals surface area contributed by atoms with Gasteiger partial charge in [-0.15, -0.1) is 0 Å². The molecule has 2 N–H and O–H groups in total. The predicted octanol–water partition coefficient (Wildman–Crippen LogP) is 2.87. The first-order valence-corrected chi connectivity index (χ1v) is 7.44. The van der Waals surface area contributed by atoms with Crippen LogP contribution in [-0.2, 0) is 5.41 Å². The topological polar surface area (TPSA) is 49.3 Å². The Kier molecular flexibility index (Phi) is 4.48. The summed E-state index contributed by atoms with van der Waals surface area (Å²) < 4.78 is 0. The number of hydrogen-bond acceptors (Lipinski definition) is 2. The van der Waals surface area contributed by atoms with Crippen LogP contribution in [-0.4, -0.2) is 23.7 Å². The smallest absolute Gasteiger partial charge is 0.251 e. The SMILES string of the molecule is CC(C)(C)c1ccc(C(=O)NC(CCO)C2CC2)cc1. The lowest BCUT2D eigenvalue weighted by molar-refractivity contribution is 0.0924. The average Bonchev–Trinajstić information content (AvgIpc) is 3.21. The molecule has 2 rings (SSSR count). The zero-order valence-corrected chi connectivity index (χ0v) is 12.6. The van der Waals surface area contributed by atoms with Gasteiger partial charge in [0.25, 0.3) is 5.91 Å². The Hall–Kier alpha value is -1.35. The van der Waals surface area contributed by atoms with Crippen molar-refractivity contribution in [3.63, 3.8) is 0 Å². The molecule has 0 radical (unpaired) electrons. The zero-order chi connectivity index (χ0) is 14.8. The lowest BCUT2D eigenvalue weighted by Gasteiger charge is -2.20. The average molecular weight is 275 g/mol. The summed E-state index contributed by atoms with van der Waals surface area (Å²) in [6.07, 6.45) is 2.97. The molecule has 1 aromatic carbocycles. The normalized spacial score (nSPS) is 16.8. The van der Waals surface area contributed by atoms with Gasteiger partial charge in [0.1, 0.15) is 0 Å². The van der Waals surface area contributed by atoms with Gasteiger partial charge in [-0.3, -0.25) is 4.79 Å². The van der Waals surface area contributed by atoms with Crippen LogP contribution in [0.2, 0.25) is 0 Å². The van der Waals surface area contributed by atoms with E-state index in [1.54, 1.807) is 0 Å². The van der Waals surface area contributed by atoms with Gasteiger partial charge in [0.2, 0.25) is 0 Å². The first kappa shape index (κ1) is 15.0. The highest BCUT2D eigenvalue weighted by Crippen LogP contribution is 2.34. The molecule has 1 fully saturated rings. The summed E-state index contributed by atoms with van der Waals surface area (Å²) in [6.45, 7) is 6.61. The lowest BCUT2D eigenvalue weighted by Crippen LogP contribution is -2.37. The molecule has 1 aromatic rings. The Bertz CT molecular complexity index is 455. The molecule has 1 aliphatic carbocycles. The van der Waals surface area contributed by atoms with Crippen LogP contribution in [0.1, 0.15) is 56.0 Å². The van der Waals surface area contributed by atoms with Gasteiger partial charge in [0, 0.05) is 18.2 Å². The van der Waals surface area contributed by atoms with E-state index in [1.807, 2.05) is 24.3 Å². The Morgan fingerprint density at radius 3 is 2.35 bits per heavy atom. The molecular formula is C17H25NO2. The molecule has 110 valence electrons. The standard InChI is InChI=1S/C17H25NO2/c1-17(2,3)14-8-6-13(7-9-14)16(20)18-15(10-11-19)12-4-5-12/h6-9,12,15,19H,4-5,10-11H2,1-3H3,(H,18,20). The van der Waals surface area contributed by atoms with Gasteiger partial charge < -0.3 is 10.4 Å². The Labute approximate surface area is 121 Å². The van der Waals surface area contributed by atoms with Gasteiger partial charge >= 0.3 is 0 Å². The fourth-order valence-electron chi connectivity index (χ4n) is 2.44. The lowest BCUT2D eigenvalue weighted by atomic mass is 9.86. The molecule has 1 atom stereocenters. The van der Waals surface area contributed by atoms with Crippen LogP contribution in [0.3, 0.4) is 0 Å². The van der Waals surface area contributed by atoms with Crippen molar-refractivity contribution in [3.05, 3.63) is 35.4 Å². The van der Waals surface area contributed by atoms with E-state index < -0.39 is 0 Å². The Balaban J connectivity index is 2.01. The van der Waals surface area contributed by atoms with E-state index in [9.17, 15) is 4.79 Å². The second-order valence-corrected chi connectivity index (χ2v) is 6.76. The fraction of sp³-hybridized carbons (Fsp3) is 0.588. The first-order valence-electron chi connectivity index (χ1n) is 7.44. The van der Waals surface area contributed by atoms with Crippen molar-refractivity contribution in [2.24, 2.45) is 5.92 Å². The fourth-order valence-corrected chi connectivity index (χ4v) is 2.44. The van der Waals surface area contributed by atoms with Crippen molar-refractivity contribution < 1.29 is 9.90 Å². The Morgan fingerprint density at radius 1 is 1.30 bits per heavy atom. The number of benzene rings is 1. The molecule has 1 saturated carbocycles. The number of carbonyl (C=O) groups excluding carboxylic acids is 1. The Morgan fingerprint density at radius 2 is 1.90 bits per heavy atom. The summed E-state index contributed by atoms with van der Waals surface area (Å²) in [6, 6.07) is 7.94. The third-order valence-electron chi connectivity index (χ3n) is 3.96. The summed E-state index contributed by atoms with van der Waals surface area (Å²) >= 11 is 0. The molecule has 0 saturated heterocycles. The van der Waals surface area contributed by atoms with E-state index >= 15 is 0 Å². The van der Waals surface area contributed by atoms with Crippen LogP contribution in [0, 0.1) is 5.92 Å². The largest absolute Gasteiger partial charge is 0.396 e. The van der Waals surface area contributed by atoms with Crippen LogP contribution in [0.25, 0.3) is 0 Å². The summed E-state index contributed by atoms with van der Waals surface area (Å²) in [5.74, 6) is 0.524. The molecule has 20 heavy (non-hydrogen) atoms. The molecule has 1 amide bonds. The van der Waals surface area contributed by atoms with Gasteiger partial charge in [0.15, 0.2) is 0 Å². The van der Waals surface area contributed by atoms with Crippen molar-refractivity contribution in [2.75, 3.05) is 6.61 Å². The van der Waals surface area contributed by atoms with Gasteiger partial charge in [0.05, 0.1) is 0 Å². The minimum atomic E-state index is -0.0317. The number of hydrogen-bond donors (Lipinski definition) is 2. The van der Waals surface area contributed by atoms with Crippen molar-refractivity contribution >= 4 is 5.91 Å². The molecule has 0 bridgehead atoms. The highest BCUT2D eigenvalue weighted by atomic mass is 16.3. The summed E-state index contributed by atoms with van der Waals surface area (Å²) in [5, 5.41) is 12.1. The summed E-state index contributed by atoms with van der Waals surface area (Å²) in [5.41, 5.74) is 2.02. The summed E-state index contributed by atoms with van der Waals surface area (Å²) in [7, 11) is 0. The second-order valence-electron chi connectivity index (χ2n) is 6.76. The van der Waals surface area contributed by atoms with Crippen molar-refractivity contribution in [2.45, 2.75) is 51.5 Å². The number of aliphatic hydroxyl groups excluding tert-OH is 1. The van der Waals surface area contributed by atoms with E-state index in [0.29, 0.717) is 17.9 Å². The second kappa shape index (κ2) is 5.96. The van der Waals surface area contributed by atoms with Gasteiger partial charge in [-0.25, -0.2) is 0 Å². The van der Waals surface area contributed by atoms with E-state index in [-0.39, 0.29) is 24.0 Å². The van der Waals surface area contributed by atoms with E-state index in [2.05, 4.69) is 26.1 Å². The van der Waals surface area contributed by atoms with Gasteiger partial charge in [-0.2, -0.15) is 0 Å². The molecule has 1 aliphatic rings. The molecule has 0 spiro atoms. The van der Waals surface area contributed by atoms with Crippen LogP contribution in [0.4, 0.5) is 0 Å². The molecule has 1 unspecified atom stereocenters. The number of carbonyl (C=O) groups is 1. The molecule has 3 nitrogen and oxygen atoms in total. The maximum absolute atomic E-state index is 12.2. The van der Waals surface area contributed by atoms with E-state index in [4.69, 9.17) is 5.11 Å². The first-order chi connectivity index (χ1) is 9.41. The van der Waals surface area contributed by atoms with Gasteiger partial charge in [-0.05, 0) is 48.3 Å². The van der Waals surface area contributed by atoms with Crippen LogP contribution in [0.15, 0.2) is 24.3 Å². The molecular weight excluding hydrogens is 250 g/mol. The number of amides is 1. The highest BCUT2D eigenvalue weighted by molar-refractivity contribution is 5.94. The maximum atomic E-state index is 12.2. The monoisotopic (exact) mass is 275 g/mol. The van der Waals surface area contributed by atoms with Crippen LogP contribution >= 0.6 is 0 Å². The van der Waals surface area contributed by atoms with E-state index in [1.165, 1.54) is 5.56 Å². The predicted molar refractivity (Wildman–Crippen MR) is 80.8 cm³/mol. The van der Waals surface area contributed by atoms with Crippen molar-refractivity contribution in [1.29, 1.82) is 0 Å². The molecule has 0 heterocycles. The maximum Gasteiger partial charge on any atom is 0.251 e. The van der Waals surface area contributed by atoms with Crippen molar-refractivity contribution in [1.82, 2.24) is 5.32 Å². The minimum Gasteiger partial charge on any atom is -0.396 e.